The van der Waals surface area contributed by atoms with Crippen molar-refractivity contribution in [3.8, 4) is 11.1 Å². The minimum absolute atomic E-state index is 0.150. The number of fused-ring (bicyclic) bond motifs is 1. The molecule has 30 heavy (non-hydrogen) atoms. The lowest BCUT2D eigenvalue weighted by atomic mass is 10.0. The molecular formula is C22H26ClN3O4. The number of carbonyl (C=O) groups is 1. The second-order valence-corrected chi connectivity index (χ2v) is 7.94. The minimum atomic E-state index is -0.505. The van der Waals surface area contributed by atoms with E-state index in [1.54, 1.807) is 17.8 Å². The Morgan fingerprint density at radius 3 is 2.90 bits per heavy atom. The molecule has 1 N–H and O–H groups in total. The molecule has 8 heteroatoms. The van der Waals surface area contributed by atoms with Crippen molar-refractivity contribution < 1.29 is 18.7 Å². The molecule has 0 aliphatic carbocycles. The predicted molar refractivity (Wildman–Crippen MR) is 116 cm³/mol. The van der Waals surface area contributed by atoms with E-state index in [-0.39, 0.29) is 24.5 Å². The second-order valence-electron chi connectivity index (χ2n) is 7.53. The van der Waals surface area contributed by atoms with Gasteiger partial charge in [0.2, 0.25) is 5.76 Å². The smallest absolute Gasteiger partial charge is 0.376 e. The van der Waals surface area contributed by atoms with Crippen LogP contribution in [0.5, 0.6) is 0 Å². The Morgan fingerprint density at radius 1 is 1.37 bits per heavy atom. The average Bonchev–Trinajstić information content (AvgIpc) is 3.33. The average molecular weight is 432 g/mol. The van der Waals surface area contributed by atoms with Crippen molar-refractivity contribution >= 4 is 34.2 Å². The number of halogens is 1. The highest BCUT2D eigenvalue weighted by atomic mass is 35.5. The normalized spacial score (nSPS) is 19.2. The Labute approximate surface area is 180 Å². The summed E-state index contributed by atoms with van der Waals surface area (Å²) < 4.78 is 18.7. The summed E-state index contributed by atoms with van der Waals surface area (Å²) in [6.07, 6.45) is 6.56. The standard InChI is InChI=1S/C22H26ClN3O4/c1-4-16-10-15(6-7-29-16)25-19-17-8-13(14-11-24-26(3)12-14)9-18(23)20(17)30-21(19)22(27)28-5-2/h8-9,11-12,15-16,25H,4-7,10H2,1-3H3/t15-,16-/m0/s1. The first kappa shape index (κ1) is 20.8. The van der Waals surface area contributed by atoms with Crippen LogP contribution in [0.3, 0.4) is 0 Å². The van der Waals surface area contributed by atoms with E-state index in [1.807, 2.05) is 25.4 Å². The number of nitrogens with zero attached hydrogens (tertiary/aromatic N) is 2. The van der Waals surface area contributed by atoms with Gasteiger partial charge in [-0.1, -0.05) is 18.5 Å². The molecule has 0 saturated carbocycles. The highest BCUT2D eigenvalue weighted by Gasteiger charge is 2.28. The van der Waals surface area contributed by atoms with Gasteiger partial charge in [-0.05, 0) is 43.9 Å². The Bertz CT molecular complexity index is 1060. The first-order valence-corrected chi connectivity index (χ1v) is 10.7. The molecule has 0 bridgehead atoms. The maximum atomic E-state index is 12.6. The van der Waals surface area contributed by atoms with Crippen LogP contribution in [0.15, 0.2) is 28.9 Å². The number of hydrogen-bond donors (Lipinski definition) is 1. The lowest BCUT2D eigenvalue weighted by Crippen LogP contribution is -2.34. The summed E-state index contributed by atoms with van der Waals surface area (Å²) in [4.78, 5) is 12.6. The van der Waals surface area contributed by atoms with Crippen LogP contribution in [0.4, 0.5) is 5.69 Å². The van der Waals surface area contributed by atoms with E-state index in [0.717, 1.165) is 35.8 Å². The lowest BCUT2D eigenvalue weighted by molar-refractivity contribution is 0.00924. The molecule has 1 aromatic carbocycles. The van der Waals surface area contributed by atoms with E-state index in [0.29, 0.717) is 22.9 Å². The molecule has 0 radical (unpaired) electrons. The highest BCUT2D eigenvalue weighted by molar-refractivity contribution is 6.36. The van der Waals surface area contributed by atoms with Gasteiger partial charge in [-0.3, -0.25) is 4.68 Å². The molecule has 4 rings (SSSR count). The molecule has 160 valence electrons. The van der Waals surface area contributed by atoms with E-state index < -0.39 is 5.97 Å². The van der Waals surface area contributed by atoms with Crippen molar-refractivity contribution in [3.05, 3.63) is 35.3 Å². The number of ether oxygens (including phenoxy) is 2. The summed E-state index contributed by atoms with van der Waals surface area (Å²) >= 11 is 6.55. The maximum absolute atomic E-state index is 12.6. The molecule has 1 saturated heterocycles. The number of benzene rings is 1. The highest BCUT2D eigenvalue weighted by Crippen LogP contribution is 2.40. The van der Waals surface area contributed by atoms with Crippen LogP contribution in [0.25, 0.3) is 22.1 Å². The van der Waals surface area contributed by atoms with Gasteiger partial charge in [0.25, 0.3) is 0 Å². The molecule has 3 aromatic rings. The van der Waals surface area contributed by atoms with Crippen LogP contribution in [-0.2, 0) is 16.5 Å². The predicted octanol–water partition coefficient (Wildman–Crippen LogP) is 5.03. The van der Waals surface area contributed by atoms with Crippen molar-refractivity contribution in [1.29, 1.82) is 0 Å². The van der Waals surface area contributed by atoms with Crippen LogP contribution < -0.4 is 5.32 Å². The first-order valence-electron chi connectivity index (χ1n) is 10.3. The number of aryl methyl sites for hydroxylation is 1. The van der Waals surface area contributed by atoms with Gasteiger partial charge >= 0.3 is 5.97 Å². The monoisotopic (exact) mass is 431 g/mol. The Hall–Kier alpha value is -2.51. The molecule has 0 amide bonds. The Kier molecular flexibility index (Phi) is 6.01. The Balaban J connectivity index is 1.80. The van der Waals surface area contributed by atoms with Gasteiger partial charge in [-0.15, -0.1) is 0 Å². The zero-order valence-electron chi connectivity index (χ0n) is 17.4. The van der Waals surface area contributed by atoms with E-state index in [4.69, 9.17) is 25.5 Å². The van der Waals surface area contributed by atoms with Crippen molar-refractivity contribution in [2.24, 2.45) is 7.05 Å². The number of furan rings is 1. The molecule has 1 fully saturated rings. The molecule has 2 atom stereocenters. The summed E-state index contributed by atoms with van der Waals surface area (Å²) in [7, 11) is 1.86. The quantitative estimate of drug-likeness (QED) is 0.551. The van der Waals surface area contributed by atoms with Crippen LogP contribution in [-0.4, -0.2) is 41.1 Å². The van der Waals surface area contributed by atoms with Crippen LogP contribution in [0.1, 0.15) is 43.7 Å². The van der Waals surface area contributed by atoms with Crippen molar-refractivity contribution in [2.75, 3.05) is 18.5 Å². The van der Waals surface area contributed by atoms with Crippen molar-refractivity contribution in [2.45, 2.75) is 45.3 Å². The van der Waals surface area contributed by atoms with Gasteiger partial charge in [-0.25, -0.2) is 4.79 Å². The maximum Gasteiger partial charge on any atom is 0.376 e. The summed E-state index contributed by atoms with van der Waals surface area (Å²) in [6.45, 7) is 4.83. The largest absolute Gasteiger partial charge is 0.460 e. The molecule has 3 heterocycles. The summed E-state index contributed by atoms with van der Waals surface area (Å²) in [5.74, 6) is -0.356. The van der Waals surface area contributed by atoms with Gasteiger partial charge in [0.05, 0.1) is 29.6 Å². The molecule has 1 aliphatic heterocycles. The molecule has 1 aliphatic rings. The van der Waals surface area contributed by atoms with Gasteiger partial charge in [-0.2, -0.15) is 5.10 Å². The van der Waals surface area contributed by atoms with Gasteiger partial charge < -0.3 is 19.2 Å². The molecule has 2 aromatic heterocycles. The number of esters is 1. The van der Waals surface area contributed by atoms with Gasteiger partial charge in [0, 0.05) is 36.8 Å². The third-order valence-electron chi connectivity index (χ3n) is 5.41. The number of hydrogen-bond acceptors (Lipinski definition) is 6. The third kappa shape index (κ3) is 4.04. The fraction of sp³-hybridized carbons (Fsp3) is 0.455. The van der Waals surface area contributed by atoms with Crippen molar-refractivity contribution in [1.82, 2.24) is 9.78 Å². The SMILES string of the molecule is CCOC(=O)c1oc2c(Cl)cc(-c3cnn(C)c3)cc2c1N[C@H]1CCO[C@@H](CC)C1. The third-order valence-corrected chi connectivity index (χ3v) is 5.69. The van der Waals surface area contributed by atoms with E-state index >= 15 is 0 Å². The molecular weight excluding hydrogens is 406 g/mol. The number of nitrogens with one attached hydrogen (secondary N) is 1. The van der Waals surface area contributed by atoms with E-state index in [1.165, 1.54) is 0 Å². The van der Waals surface area contributed by atoms with E-state index in [9.17, 15) is 4.79 Å². The molecule has 0 unspecified atom stereocenters. The minimum Gasteiger partial charge on any atom is -0.460 e. The van der Waals surface area contributed by atoms with E-state index in [2.05, 4.69) is 17.3 Å². The molecule has 0 spiro atoms. The van der Waals surface area contributed by atoms with Gasteiger partial charge in [0.15, 0.2) is 5.58 Å². The van der Waals surface area contributed by atoms with Gasteiger partial charge in [0.1, 0.15) is 0 Å². The second kappa shape index (κ2) is 8.70. The fourth-order valence-electron chi connectivity index (χ4n) is 3.88. The molecule has 7 nitrogen and oxygen atoms in total. The lowest BCUT2D eigenvalue weighted by Gasteiger charge is -2.30. The Morgan fingerprint density at radius 2 is 2.20 bits per heavy atom. The van der Waals surface area contributed by atoms with Crippen LogP contribution >= 0.6 is 11.6 Å². The van der Waals surface area contributed by atoms with Crippen LogP contribution in [0, 0.1) is 0 Å². The summed E-state index contributed by atoms with van der Waals surface area (Å²) in [5, 5.41) is 8.96. The number of anilines is 1. The summed E-state index contributed by atoms with van der Waals surface area (Å²) in [5.41, 5.74) is 2.92. The fourth-order valence-corrected chi connectivity index (χ4v) is 4.14. The summed E-state index contributed by atoms with van der Waals surface area (Å²) in [6, 6.07) is 3.96. The number of aromatic nitrogens is 2. The topological polar surface area (TPSA) is 78.5 Å². The van der Waals surface area contributed by atoms with Crippen molar-refractivity contribution in [3.63, 3.8) is 0 Å². The zero-order chi connectivity index (χ0) is 21.3. The van der Waals surface area contributed by atoms with Crippen LogP contribution in [0.2, 0.25) is 5.02 Å². The number of carbonyl (C=O) groups excluding carboxylic acids is 1. The zero-order valence-corrected chi connectivity index (χ0v) is 18.2. The number of rotatable bonds is 6. The first-order chi connectivity index (χ1) is 14.5.